The van der Waals surface area contributed by atoms with Gasteiger partial charge in [0.05, 0.1) is 4.90 Å². The van der Waals surface area contributed by atoms with Crippen LogP contribution in [-0.2, 0) is 9.84 Å². The second kappa shape index (κ2) is 9.48. The Bertz CT molecular complexity index is 503. The van der Waals surface area contributed by atoms with Gasteiger partial charge in [-0.1, -0.05) is 0 Å². The molecule has 1 aromatic rings. The molecule has 0 amide bonds. The number of benzene rings is 1. The van der Waals surface area contributed by atoms with Crippen LogP contribution in [0.25, 0.3) is 0 Å². The molecule has 122 valence electrons. The van der Waals surface area contributed by atoms with E-state index < -0.39 is 9.84 Å². The first-order valence-electron chi connectivity index (χ1n) is 6.42. The Balaban J connectivity index is 0.00000200. The normalized spacial score (nSPS) is 15.7. The van der Waals surface area contributed by atoms with Gasteiger partial charge >= 0.3 is 0 Å². The van der Waals surface area contributed by atoms with Gasteiger partial charge in [-0.15, -0.1) is 24.8 Å². The first-order chi connectivity index (χ1) is 9.05. The Labute approximate surface area is 138 Å². The van der Waals surface area contributed by atoms with Gasteiger partial charge in [0.1, 0.15) is 12.4 Å². The van der Waals surface area contributed by atoms with E-state index in [0.29, 0.717) is 17.3 Å². The summed E-state index contributed by atoms with van der Waals surface area (Å²) in [6, 6.07) is 6.56. The molecular formula is C13H22Cl2N2O3S. The van der Waals surface area contributed by atoms with Crippen LogP contribution in [0.2, 0.25) is 0 Å². The number of piperazine rings is 1. The predicted molar refractivity (Wildman–Crippen MR) is 88.9 cm³/mol. The average Bonchev–Trinajstić information content (AvgIpc) is 2.39. The van der Waals surface area contributed by atoms with Gasteiger partial charge in [-0.05, 0) is 24.3 Å². The van der Waals surface area contributed by atoms with E-state index in [0.717, 1.165) is 32.7 Å². The molecule has 0 unspecified atom stereocenters. The maximum absolute atomic E-state index is 11.3. The summed E-state index contributed by atoms with van der Waals surface area (Å²) >= 11 is 0. The van der Waals surface area contributed by atoms with Gasteiger partial charge in [-0.2, -0.15) is 0 Å². The Morgan fingerprint density at radius 3 is 2.24 bits per heavy atom. The molecule has 1 aromatic carbocycles. The second-order valence-electron chi connectivity index (χ2n) is 4.68. The fourth-order valence-electron chi connectivity index (χ4n) is 2.01. The molecular weight excluding hydrogens is 335 g/mol. The van der Waals surface area contributed by atoms with Crippen molar-refractivity contribution < 1.29 is 13.2 Å². The quantitative estimate of drug-likeness (QED) is 0.859. The Hall–Kier alpha value is -0.530. The minimum absolute atomic E-state index is 0. The lowest BCUT2D eigenvalue weighted by Crippen LogP contribution is -2.44. The van der Waals surface area contributed by atoms with Crippen LogP contribution in [0, 0.1) is 0 Å². The van der Waals surface area contributed by atoms with Crippen molar-refractivity contribution in [2.75, 3.05) is 45.6 Å². The van der Waals surface area contributed by atoms with E-state index in [1.54, 1.807) is 24.3 Å². The third kappa shape index (κ3) is 6.84. The summed E-state index contributed by atoms with van der Waals surface area (Å²) in [7, 11) is -3.13. The molecule has 1 aliphatic heterocycles. The number of rotatable bonds is 5. The predicted octanol–water partition coefficient (Wildman–Crippen LogP) is 1.22. The fraction of sp³-hybridized carbons (Fsp3) is 0.538. The zero-order valence-electron chi connectivity index (χ0n) is 11.9. The molecule has 1 N–H and O–H groups in total. The van der Waals surface area contributed by atoms with E-state index in [2.05, 4.69) is 10.2 Å². The molecule has 1 aliphatic rings. The zero-order chi connectivity index (χ0) is 13.7. The van der Waals surface area contributed by atoms with Crippen molar-refractivity contribution in [1.29, 1.82) is 0 Å². The maximum Gasteiger partial charge on any atom is 0.175 e. The van der Waals surface area contributed by atoms with Crippen molar-refractivity contribution in [1.82, 2.24) is 10.2 Å². The summed E-state index contributed by atoms with van der Waals surface area (Å²) in [5.74, 6) is 0.711. The molecule has 0 spiro atoms. The van der Waals surface area contributed by atoms with Crippen molar-refractivity contribution in [3.8, 4) is 5.75 Å². The van der Waals surface area contributed by atoms with Crippen molar-refractivity contribution in [2.45, 2.75) is 4.90 Å². The Morgan fingerprint density at radius 1 is 1.14 bits per heavy atom. The Kier molecular flexibility index (Phi) is 9.24. The molecule has 21 heavy (non-hydrogen) atoms. The number of nitrogens with one attached hydrogen (secondary N) is 1. The highest BCUT2D eigenvalue weighted by Gasteiger charge is 2.09. The van der Waals surface area contributed by atoms with E-state index in [9.17, 15) is 8.42 Å². The highest BCUT2D eigenvalue weighted by molar-refractivity contribution is 7.90. The highest BCUT2D eigenvalue weighted by Crippen LogP contribution is 2.15. The largest absolute Gasteiger partial charge is 0.492 e. The molecule has 0 radical (unpaired) electrons. The molecule has 8 heteroatoms. The van der Waals surface area contributed by atoms with Crippen LogP contribution >= 0.6 is 24.8 Å². The van der Waals surface area contributed by atoms with Gasteiger partial charge in [0.25, 0.3) is 0 Å². The standard InChI is InChI=1S/C13H20N2O3S.2ClH/c1-19(16,17)13-4-2-12(3-5-13)18-11-10-15-8-6-14-7-9-15;;/h2-5,14H,6-11H2,1H3;2*1H. The molecule has 0 atom stereocenters. The van der Waals surface area contributed by atoms with Gasteiger partial charge in [0.2, 0.25) is 0 Å². The monoisotopic (exact) mass is 356 g/mol. The molecule has 1 heterocycles. The lowest BCUT2D eigenvalue weighted by Gasteiger charge is -2.26. The minimum Gasteiger partial charge on any atom is -0.492 e. The van der Waals surface area contributed by atoms with E-state index in [1.807, 2.05) is 0 Å². The molecule has 5 nitrogen and oxygen atoms in total. The molecule has 1 saturated heterocycles. The second-order valence-corrected chi connectivity index (χ2v) is 6.70. The van der Waals surface area contributed by atoms with E-state index >= 15 is 0 Å². The zero-order valence-corrected chi connectivity index (χ0v) is 14.4. The molecule has 2 rings (SSSR count). The number of halogens is 2. The third-order valence-electron chi connectivity index (χ3n) is 3.14. The lowest BCUT2D eigenvalue weighted by molar-refractivity contribution is 0.191. The summed E-state index contributed by atoms with van der Waals surface area (Å²) in [4.78, 5) is 2.67. The van der Waals surface area contributed by atoms with Crippen LogP contribution in [-0.4, -0.2) is 58.9 Å². The van der Waals surface area contributed by atoms with Crippen LogP contribution in [0.3, 0.4) is 0 Å². The van der Waals surface area contributed by atoms with E-state index in [4.69, 9.17) is 4.74 Å². The van der Waals surface area contributed by atoms with Crippen molar-refractivity contribution in [3.05, 3.63) is 24.3 Å². The first kappa shape index (κ1) is 20.5. The molecule has 0 aromatic heterocycles. The first-order valence-corrected chi connectivity index (χ1v) is 8.31. The lowest BCUT2D eigenvalue weighted by atomic mass is 10.3. The van der Waals surface area contributed by atoms with E-state index in [-0.39, 0.29) is 24.8 Å². The highest BCUT2D eigenvalue weighted by atomic mass is 35.5. The smallest absolute Gasteiger partial charge is 0.175 e. The fourth-order valence-corrected chi connectivity index (χ4v) is 2.64. The van der Waals surface area contributed by atoms with Crippen LogP contribution in [0.5, 0.6) is 5.75 Å². The van der Waals surface area contributed by atoms with Gasteiger partial charge in [-0.25, -0.2) is 8.42 Å². The van der Waals surface area contributed by atoms with Crippen molar-refractivity contribution >= 4 is 34.7 Å². The number of nitrogens with zero attached hydrogens (tertiary/aromatic N) is 1. The van der Waals surface area contributed by atoms with E-state index in [1.165, 1.54) is 6.26 Å². The van der Waals surface area contributed by atoms with Crippen LogP contribution < -0.4 is 10.1 Å². The summed E-state index contributed by atoms with van der Waals surface area (Å²) in [6.45, 7) is 5.69. The van der Waals surface area contributed by atoms with Gasteiger partial charge in [0.15, 0.2) is 9.84 Å². The van der Waals surface area contributed by atoms with Gasteiger partial charge < -0.3 is 10.1 Å². The molecule has 0 saturated carbocycles. The number of ether oxygens (including phenoxy) is 1. The molecule has 0 bridgehead atoms. The number of sulfone groups is 1. The minimum atomic E-state index is -3.13. The van der Waals surface area contributed by atoms with Gasteiger partial charge in [0, 0.05) is 39.0 Å². The van der Waals surface area contributed by atoms with Crippen molar-refractivity contribution in [3.63, 3.8) is 0 Å². The molecule has 1 fully saturated rings. The summed E-state index contributed by atoms with van der Waals surface area (Å²) in [5.41, 5.74) is 0. The molecule has 0 aliphatic carbocycles. The Morgan fingerprint density at radius 2 is 1.71 bits per heavy atom. The van der Waals surface area contributed by atoms with Crippen LogP contribution in [0.4, 0.5) is 0 Å². The van der Waals surface area contributed by atoms with Crippen LogP contribution in [0.15, 0.2) is 29.2 Å². The summed E-state index contributed by atoms with van der Waals surface area (Å²) in [5, 5.41) is 3.30. The third-order valence-corrected chi connectivity index (χ3v) is 4.27. The summed E-state index contributed by atoms with van der Waals surface area (Å²) in [6.07, 6.45) is 1.20. The average molecular weight is 357 g/mol. The maximum atomic E-state index is 11.3. The summed E-state index contributed by atoms with van der Waals surface area (Å²) < 4.78 is 28.2. The van der Waals surface area contributed by atoms with Gasteiger partial charge in [-0.3, -0.25) is 4.90 Å². The van der Waals surface area contributed by atoms with Crippen LogP contribution in [0.1, 0.15) is 0 Å². The SMILES string of the molecule is CS(=O)(=O)c1ccc(OCCN2CCNCC2)cc1.Cl.Cl. The number of hydrogen-bond donors (Lipinski definition) is 1. The number of hydrogen-bond acceptors (Lipinski definition) is 5. The topological polar surface area (TPSA) is 58.6 Å². The van der Waals surface area contributed by atoms with Crippen molar-refractivity contribution in [2.24, 2.45) is 0 Å².